The summed E-state index contributed by atoms with van der Waals surface area (Å²) in [4.78, 5) is 2.34. The van der Waals surface area contributed by atoms with Crippen molar-refractivity contribution in [3.05, 3.63) is 35.4 Å². The number of benzene rings is 1. The first-order valence-corrected chi connectivity index (χ1v) is 6.97. The summed E-state index contributed by atoms with van der Waals surface area (Å²) >= 11 is 0. The Hall–Kier alpha value is -0.860. The maximum Gasteiger partial charge on any atom is 0.0230 e. The normalized spacial score (nSPS) is 13.3. The van der Waals surface area contributed by atoms with Crippen molar-refractivity contribution in [1.29, 1.82) is 0 Å². The molecule has 1 aromatic rings. The molecule has 0 aromatic heterocycles. The van der Waals surface area contributed by atoms with E-state index in [4.69, 9.17) is 5.73 Å². The molecule has 0 heterocycles. The molecule has 0 amide bonds. The summed E-state index contributed by atoms with van der Waals surface area (Å²) in [5.74, 6) is 1.29. The molecule has 18 heavy (non-hydrogen) atoms. The van der Waals surface area contributed by atoms with Gasteiger partial charge in [0.25, 0.3) is 0 Å². The minimum atomic E-state index is 0.565. The summed E-state index contributed by atoms with van der Waals surface area (Å²) in [5.41, 5.74) is 8.47. The van der Waals surface area contributed by atoms with Gasteiger partial charge < -0.3 is 10.6 Å². The predicted molar refractivity (Wildman–Crippen MR) is 79.5 cm³/mol. The number of rotatable bonds is 7. The molecular formula is C16H28N2. The van der Waals surface area contributed by atoms with Crippen LogP contribution >= 0.6 is 0 Å². The molecule has 2 nitrogen and oxygen atoms in total. The number of hydrogen-bond acceptors (Lipinski definition) is 2. The third-order valence-corrected chi connectivity index (χ3v) is 3.15. The molecule has 102 valence electrons. The lowest BCUT2D eigenvalue weighted by Crippen LogP contribution is -2.28. The molecule has 1 atom stereocenters. The highest BCUT2D eigenvalue weighted by molar-refractivity contribution is 5.22. The Morgan fingerprint density at radius 1 is 1.06 bits per heavy atom. The first-order valence-electron chi connectivity index (χ1n) is 6.97. The molecule has 0 saturated carbocycles. The van der Waals surface area contributed by atoms with E-state index in [0.29, 0.717) is 5.92 Å². The van der Waals surface area contributed by atoms with Gasteiger partial charge in [-0.1, -0.05) is 45.0 Å². The Morgan fingerprint density at radius 3 is 2.11 bits per heavy atom. The minimum Gasteiger partial charge on any atom is -0.330 e. The van der Waals surface area contributed by atoms with Gasteiger partial charge in [0.15, 0.2) is 0 Å². The van der Waals surface area contributed by atoms with E-state index in [1.54, 1.807) is 0 Å². The van der Waals surface area contributed by atoms with Crippen LogP contribution in [0, 0.1) is 11.8 Å². The predicted octanol–water partition coefficient (Wildman–Crippen LogP) is 2.91. The minimum absolute atomic E-state index is 0.565. The van der Waals surface area contributed by atoms with Gasteiger partial charge in [0.2, 0.25) is 0 Å². The zero-order chi connectivity index (χ0) is 13.5. The van der Waals surface area contributed by atoms with Crippen molar-refractivity contribution in [1.82, 2.24) is 4.90 Å². The van der Waals surface area contributed by atoms with E-state index in [1.165, 1.54) is 17.5 Å². The zero-order valence-electron chi connectivity index (χ0n) is 12.3. The zero-order valence-corrected chi connectivity index (χ0v) is 12.3. The van der Waals surface area contributed by atoms with E-state index in [0.717, 1.165) is 25.6 Å². The van der Waals surface area contributed by atoms with Gasteiger partial charge in [-0.25, -0.2) is 0 Å². The van der Waals surface area contributed by atoms with E-state index >= 15 is 0 Å². The highest BCUT2D eigenvalue weighted by Gasteiger charge is 2.05. The average molecular weight is 248 g/mol. The fraction of sp³-hybridized carbons (Fsp3) is 0.625. The van der Waals surface area contributed by atoms with Crippen molar-refractivity contribution in [3.8, 4) is 0 Å². The van der Waals surface area contributed by atoms with Crippen LogP contribution < -0.4 is 5.73 Å². The van der Waals surface area contributed by atoms with Gasteiger partial charge in [-0.2, -0.15) is 0 Å². The summed E-state index contributed by atoms with van der Waals surface area (Å²) < 4.78 is 0. The van der Waals surface area contributed by atoms with E-state index in [1.807, 2.05) is 0 Å². The topological polar surface area (TPSA) is 29.3 Å². The molecule has 1 rings (SSSR count). The van der Waals surface area contributed by atoms with Crippen molar-refractivity contribution in [2.45, 2.75) is 33.7 Å². The molecule has 0 radical (unpaired) electrons. The van der Waals surface area contributed by atoms with Crippen LogP contribution in [-0.4, -0.2) is 25.0 Å². The molecule has 0 fully saturated rings. The molecule has 1 aromatic carbocycles. The van der Waals surface area contributed by atoms with Gasteiger partial charge in [-0.15, -0.1) is 0 Å². The molecule has 0 aliphatic heterocycles. The molecule has 0 aliphatic carbocycles. The second kappa shape index (κ2) is 7.55. The summed E-state index contributed by atoms with van der Waals surface area (Å²) in [7, 11) is 2.16. The Labute approximate surface area is 112 Å². The van der Waals surface area contributed by atoms with Gasteiger partial charge in [-0.3, -0.25) is 0 Å². The van der Waals surface area contributed by atoms with E-state index < -0.39 is 0 Å². The standard InChI is InChI=1S/C16H28N2/c1-13(2)9-15-5-7-16(8-6-15)12-18(4)11-14(3)10-17/h5-8,13-14H,9-12,17H2,1-4H3. The van der Waals surface area contributed by atoms with Crippen LogP contribution in [0.15, 0.2) is 24.3 Å². The lowest BCUT2D eigenvalue weighted by atomic mass is 10.0. The maximum absolute atomic E-state index is 5.65. The van der Waals surface area contributed by atoms with Crippen LogP contribution in [0.4, 0.5) is 0 Å². The van der Waals surface area contributed by atoms with Gasteiger partial charge in [0.1, 0.15) is 0 Å². The van der Waals surface area contributed by atoms with Crippen molar-refractivity contribution in [2.75, 3.05) is 20.1 Å². The maximum atomic E-state index is 5.65. The first-order chi connectivity index (χ1) is 8.51. The highest BCUT2D eigenvalue weighted by Crippen LogP contribution is 2.11. The largest absolute Gasteiger partial charge is 0.330 e. The van der Waals surface area contributed by atoms with Crippen LogP contribution in [0.1, 0.15) is 31.9 Å². The Bertz CT molecular complexity index is 329. The fourth-order valence-electron chi connectivity index (χ4n) is 2.23. The van der Waals surface area contributed by atoms with Crippen molar-refractivity contribution in [3.63, 3.8) is 0 Å². The molecule has 2 N–H and O–H groups in total. The third kappa shape index (κ3) is 5.65. The Balaban J connectivity index is 2.47. The molecule has 2 heteroatoms. The van der Waals surface area contributed by atoms with E-state index in [2.05, 4.69) is 57.0 Å². The number of hydrogen-bond donors (Lipinski definition) is 1. The summed E-state index contributed by atoms with van der Waals surface area (Å²) in [6, 6.07) is 9.02. The lowest BCUT2D eigenvalue weighted by molar-refractivity contribution is 0.282. The van der Waals surface area contributed by atoms with Gasteiger partial charge >= 0.3 is 0 Å². The quantitative estimate of drug-likeness (QED) is 0.804. The van der Waals surface area contributed by atoms with Gasteiger partial charge in [0.05, 0.1) is 0 Å². The second-order valence-corrected chi connectivity index (χ2v) is 5.95. The molecule has 1 unspecified atom stereocenters. The summed E-state index contributed by atoms with van der Waals surface area (Å²) in [5, 5.41) is 0. The fourth-order valence-corrected chi connectivity index (χ4v) is 2.23. The van der Waals surface area contributed by atoms with Gasteiger partial charge in [-0.05, 0) is 43.0 Å². The lowest BCUT2D eigenvalue weighted by Gasteiger charge is -2.20. The molecule has 0 spiro atoms. The monoisotopic (exact) mass is 248 g/mol. The van der Waals surface area contributed by atoms with Crippen LogP contribution in [0.3, 0.4) is 0 Å². The smallest absolute Gasteiger partial charge is 0.0230 e. The van der Waals surface area contributed by atoms with Crippen LogP contribution in [0.2, 0.25) is 0 Å². The molecule has 0 aliphatic rings. The first kappa shape index (κ1) is 15.2. The summed E-state index contributed by atoms with van der Waals surface area (Å²) in [6.45, 7) is 9.54. The average Bonchev–Trinajstić information content (AvgIpc) is 2.30. The van der Waals surface area contributed by atoms with Gasteiger partial charge in [0, 0.05) is 13.1 Å². The van der Waals surface area contributed by atoms with Crippen LogP contribution in [-0.2, 0) is 13.0 Å². The van der Waals surface area contributed by atoms with Crippen molar-refractivity contribution < 1.29 is 0 Å². The molecule has 0 saturated heterocycles. The third-order valence-electron chi connectivity index (χ3n) is 3.15. The SMILES string of the molecule is CC(C)Cc1ccc(CN(C)CC(C)CN)cc1. The Morgan fingerprint density at radius 2 is 1.61 bits per heavy atom. The van der Waals surface area contributed by atoms with E-state index in [-0.39, 0.29) is 0 Å². The Kier molecular flexibility index (Phi) is 6.37. The summed E-state index contributed by atoms with van der Waals surface area (Å²) in [6.07, 6.45) is 1.17. The molecule has 0 bridgehead atoms. The molecular weight excluding hydrogens is 220 g/mol. The number of nitrogens with zero attached hydrogens (tertiary/aromatic N) is 1. The highest BCUT2D eigenvalue weighted by atomic mass is 15.1. The van der Waals surface area contributed by atoms with Crippen molar-refractivity contribution >= 4 is 0 Å². The van der Waals surface area contributed by atoms with Crippen molar-refractivity contribution in [2.24, 2.45) is 17.6 Å². The van der Waals surface area contributed by atoms with Crippen LogP contribution in [0.25, 0.3) is 0 Å². The second-order valence-electron chi connectivity index (χ2n) is 5.95. The number of nitrogens with two attached hydrogens (primary N) is 1. The van der Waals surface area contributed by atoms with E-state index in [9.17, 15) is 0 Å². The van der Waals surface area contributed by atoms with Crippen LogP contribution in [0.5, 0.6) is 0 Å².